The summed E-state index contributed by atoms with van der Waals surface area (Å²) in [6.45, 7) is 0. The number of fused-ring (bicyclic) bond motifs is 2. The molecule has 0 aliphatic heterocycles. The van der Waals surface area contributed by atoms with Gasteiger partial charge in [0.25, 0.3) is 0 Å². The SMILES string of the molecule is N#C[C@@H]1C[C@H]1C(=O)Nc1cc2cc(-c3cncc4c3CCCC4OC3CCCC3)nc(N)c2cn1. The maximum absolute atomic E-state index is 12.4. The van der Waals surface area contributed by atoms with Gasteiger partial charge in [-0.1, -0.05) is 12.8 Å². The zero-order valence-corrected chi connectivity index (χ0v) is 19.5. The third-order valence-corrected chi connectivity index (χ3v) is 7.56. The van der Waals surface area contributed by atoms with Crippen LogP contribution >= 0.6 is 0 Å². The van der Waals surface area contributed by atoms with Crippen molar-refractivity contribution in [3.05, 3.63) is 41.9 Å². The van der Waals surface area contributed by atoms with E-state index in [9.17, 15) is 4.79 Å². The molecule has 3 heterocycles. The molecule has 3 atom stereocenters. The Balaban J connectivity index is 1.32. The first kappa shape index (κ1) is 21.9. The summed E-state index contributed by atoms with van der Waals surface area (Å²) in [7, 11) is 0. The molecule has 0 bridgehead atoms. The quantitative estimate of drug-likeness (QED) is 0.555. The summed E-state index contributed by atoms with van der Waals surface area (Å²) in [5.41, 5.74) is 10.5. The van der Waals surface area contributed by atoms with E-state index in [1.54, 1.807) is 6.20 Å². The molecule has 8 nitrogen and oxygen atoms in total. The third kappa shape index (κ3) is 4.21. The minimum atomic E-state index is -0.253. The zero-order chi connectivity index (χ0) is 23.9. The highest BCUT2D eigenvalue weighted by atomic mass is 16.5. The molecule has 35 heavy (non-hydrogen) atoms. The lowest BCUT2D eigenvalue weighted by Gasteiger charge is -2.29. The number of hydrogen-bond donors (Lipinski definition) is 2. The van der Waals surface area contributed by atoms with Crippen LogP contribution in [0.25, 0.3) is 22.0 Å². The monoisotopic (exact) mass is 468 g/mol. The van der Waals surface area contributed by atoms with Crippen molar-refractivity contribution in [2.45, 2.75) is 63.6 Å². The van der Waals surface area contributed by atoms with Crippen molar-refractivity contribution in [2.24, 2.45) is 11.8 Å². The van der Waals surface area contributed by atoms with E-state index in [1.165, 1.54) is 24.0 Å². The standard InChI is InChI=1S/C27H28N6O2/c28-11-16-8-19(16)27(34)33-25-10-15-9-23(32-26(29)20(15)14-31-25)21-12-30-13-22-18(21)6-3-7-24(22)35-17-4-1-2-5-17/h9-10,12-14,16-17,19,24H,1-8H2,(H2,29,32)(H,31,33,34)/t16-,19+,24?/m0/s1. The smallest absolute Gasteiger partial charge is 0.230 e. The largest absolute Gasteiger partial charge is 0.383 e. The first-order valence-corrected chi connectivity index (χ1v) is 12.5. The number of nitriles is 1. The van der Waals surface area contributed by atoms with Gasteiger partial charge in [0.2, 0.25) is 5.91 Å². The molecule has 3 aliphatic rings. The summed E-state index contributed by atoms with van der Waals surface area (Å²) in [5, 5.41) is 13.4. The van der Waals surface area contributed by atoms with Crippen LogP contribution in [-0.4, -0.2) is 27.0 Å². The summed E-state index contributed by atoms with van der Waals surface area (Å²) in [5.74, 6) is 0.222. The summed E-state index contributed by atoms with van der Waals surface area (Å²) in [6.07, 6.45) is 14.3. The van der Waals surface area contributed by atoms with E-state index in [1.807, 2.05) is 24.5 Å². The van der Waals surface area contributed by atoms with Crippen LogP contribution in [0, 0.1) is 23.2 Å². The lowest BCUT2D eigenvalue weighted by atomic mass is 9.86. The topological polar surface area (TPSA) is 127 Å². The minimum Gasteiger partial charge on any atom is -0.383 e. The summed E-state index contributed by atoms with van der Waals surface area (Å²) in [4.78, 5) is 26.0. The highest BCUT2D eigenvalue weighted by Crippen LogP contribution is 2.41. The zero-order valence-electron chi connectivity index (χ0n) is 19.5. The van der Waals surface area contributed by atoms with Crippen LogP contribution in [0.1, 0.15) is 62.2 Å². The van der Waals surface area contributed by atoms with E-state index in [0.29, 0.717) is 24.2 Å². The molecule has 0 aromatic carbocycles. The molecule has 3 aliphatic carbocycles. The molecule has 3 aromatic rings. The Kier molecular flexibility index (Phi) is 5.57. The first-order chi connectivity index (χ1) is 17.1. The second-order valence-electron chi connectivity index (χ2n) is 9.93. The number of ether oxygens (including phenoxy) is 1. The van der Waals surface area contributed by atoms with Gasteiger partial charge in [-0.2, -0.15) is 5.26 Å². The Morgan fingerprint density at radius 2 is 2.00 bits per heavy atom. The number of nitrogens with two attached hydrogens (primary N) is 1. The fraction of sp³-hybridized carbons (Fsp3) is 0.444. The van der Waals surface area contributed by atoms with Crippen LogP contribution in [0.2, 0.25) is 0 Å². The number of aromatic nitrogens is 3. The molecular formula is C27H28N6O2. The highest BCUT2D eigenvalue weighted by Gasteiger charge is 2.43. The molecule has 1 unspecified atom stereocenters. The van der Waals surface area contributed by atoms with Gasteiger partial charge in [-0.25, -0.2) is 9.97 Å². The first-order valence-electron chi connectivity index (χ1n) is 12.5. The van der Waals surface area contributed by atoms with E-state index in [2.05, 4.69) is 21.4 Å². The number of pyridine rings is 3. The number of rotatable bonds is 5. The molecule has 0 radical (unpaired) electrons. The lowest BCUT2D eigenvalue weighted by molar-refractivity contribution is -0.117. The van der Waals surface area contributed by atoms with Crippen LogP contribution in [0.15, 0.2) is 30.7 Å². The fourth-order valence-corrected chi connectivity index (χ4v) is 5.53. The van der Waals surface area contributed by atoms with Crippen molar-refractivity contribution in [2.75, 3.05) is 11.1 Å². The van der Waals surface area contributed by atoms with Gasteiger partial charge in [-0.05, 0) is 61.6 Å². The summed E-state index contributed by atoms with van der Waals surface area (Å²) < 4.78 is 6.50. The average molecular weight is 469 g/mol. The molecule has 0 saturated heterocycles. The molecule has 0 spiro atoms. The van der Waals surface area contributed by atoms with Gasteiger partial charge in [-0.15, -0.1) is 0 Å². The number of nitrogens with zero attached hydrogens (tertiary/aromatic N) is 4. The second kappa shape index (κ2) is 8.90. The van der Waals surface area contributed by atoms with E-state index in [-0.39, 0.29) is 23.8 Å². The van der Waals surface area contributed by atoms with Gasteiger partial charge in [0.05, 0.1) is 35.8 Å². The van der Waals surface area contributed by atoms with Crippen LogP contribution < -0.4 is 11.1 Å². The molecule has 3 aromatic heterocycles. The number of hydrogen-bond acceptors (Lipinski definition) is 7. The Bertz CT molecular complexity index is 1340. The van der Waals surface area contributed by atoms with Crippen molar-refractivity contribution < 1.29 is 9.53 Å². The second-order valence-corrected chi connectivity index (χ2v) is 9.93. The molecule has 1 amide bonds. The number of carbonyl (C=O) groups is 1. The maximum atomic E-state index is 12.4. The third-order valence-electron chi connectivity index (χ3n) is 7.56. The minimum absolute atomic E-state index is 0.0813. The molecule has 8 heteroatoms. The van der Waals surface area contributed by atoms with Crippen molar-refractivity contribution in [3.63, 3.8) is 0 Å². The van der Waals surface area contributed by atoms with Crippen molar-refractivity contribution in [1.29, 1.82) is 5.26 Å². The number of anilines is 2. The molecule has 3 N–H and O–H groups in total. The Labute approximate surface area is 203 Å². The predicted octanol–water partition coefficient (Wildman–Crippen LogP) is 4.71. The van der Waals surface area contributed by atoms with Crippen LogP contribution in [0.3, 0.4) is 0 Å². The van der Waals surface area contributed by atoms with Crippen LogP contribution in [0.5, 0.6) is 0 Å². The number of nitrogens with one attached hydrogen (secondary N) is 1. The van der Waals surface area contributed by atoms with Gasteiger partial charge in [-0.3, -0.25) is 9.78 Å². The molecule has 2 fully saturated rings. The van der Waals surface area contributed by atoms with Crippen LogP contribution in [-0.2, 0) is 16.0 Å². The van der Waals surface area contributed by atoms with Gasteiger partial charge < -0.3 is 15.8 Å². The van der Waals surface area contributed by atoms with Gasteiger partial charge >= 0.3 is 0 Å². The van der Waals surface area contributed by atoms with Gasteiger partial charge in [0, 0.05) is 35.1 Å². The number of amides is 1. The fourth-order valence-electron chi connectivity index (χ4n) is 5.53. The van der Waals surface area contributed by atoms with E-state index >= 15 is 0 Å². The van der Waals surface area contributed by atoms with E-state index in [4.69, 9.17) is 20.7 Å². The molecule has 6 rings (SSSR count). The Morgan fingerprint density at radius 3 is 2.80 bits per heavy atom. The van der Waals surface area contributed by atoms with Crippen molar-refractivity contribution in [1.82, 2.24) is 15.0 Å². The van der Waals surface area contributed by atoms with Gasteiger partial charge in [0.15, 0.2) is 0 Å². The van der Waals surface area contributed by atoms with E-state index < -0.39 is 0 Å². The average Bonchev–Trinajstić information content (AvgIpc) is 3.50. The Hall–Kier alpha value is -3.57. The predicted molar refractivity (Wildman–Crippen MR) is 132 cm³/mol. The molecule has 2 saturated carbocycles. The van der Waals surface area contributed by atoms with E-state index in [0.717, 1.165) is 54.1 Å². The lowest BCUT2D eigenvalue weighted by Crippen LogP contribution is -2.19. The molecular weight excluding hydrogens is 440 g/mol. The number of carbonyl (C=O) groups excluding carboxylic acids is 1. The molecule has 178 valence electrons. The summed E-state index contributed by atoms with van der Waals surface area (Å²) in [6, 6.07) is 5.94. The van der Waals surface area contributed by atoms with Crippen LogP contribution in [0.4, 0.5) is 11.6 Å². The normalized spacial score (nSPS) is 23.6. The van der Waals surface area contributed by atoms with Crippen molar-refractivity contribution in [3.8, 4) is 17.3 Å². The number of nitrogen functional groups attached to an aromatic ring is 1. The van der Waals surface area contributed by atoms with Gasteiger partial charge in [0.1, 0.15) is 11.6 Å². The highest BCUT2D eigenvalue weighted by molar-refractivity contribution is 5.98. The summed E-state index contributed by atoms with van der Waals surface area (Å²) >= 11 is 0. The Morgan fingerprint density at radius 1 is 1.14 bits per heavy atom. The van der Waals surface area contributed by atoms with Crippen molar-refractivity contribution >= 4 is 28.3 Å². The maximum Gasteiger partial charge on any atom is 0.230 e.